The van der Waals surface area contributed by atoms with Crippen molar-refractivity contribution in [3.05, 3.63) is 71.6 Å². The molecular formula is C22H18N2O3S. The molecule has 1 aromatic heterocycles. The van der Waals surface area contributed by atoms with Crippen molar-refractivity contribution in [3.63, 3.8) is 0 Å². The number of nitrogens with zero attached hydrogens (tertiary/aromatic N) is 1. The summed E-state index contributed by atoms with van der Waals surface area (Å²) in [6.07, 6.45) is 0. The molecule has 1 amide bonds. The maximum atomic E-state index is 12.8. The van der Waals surface area contributed by atoms with Gasteiger partial charge >= 0.3 is 0 Å². The second kappa shape index (κ2) is 7.70. The molecule has 4 aromatic rings. The summed E-state index contributed by atoms with van der Waals surface area (Å²) in [7, 11) is 3.21. The van der Waals surface area contributed by atoms with Crippen molar-refractivity contribution in [1.82, 2.24) is 4.98 Å². The van der Waals surface area contributed by atoms with Crippen LogP contribution in [0.15, 0.2) is 66.0 Å². The number of anilines is 1. The van der Waals surface area contributed by atoms with Crippen LogP contribution < -0.4 is 14.8 Å². The number of amides is 1. The van der Waals surface area contributed by atoms with Gasteiger partial charge in [0.05, 0.1) is 19.9 Å². The summed E-state index contributed by atoms with van der Waals surface area (Å²) in [4.78, 5) is 17.4. The molecule has 0 aliphatic heterocycles. The smallest absolute Gasteiger partial charge is 0.258 e. The normalized spacial score (nSPS) is 10.6. The standard InChI is InChI=1S/C22H18N2O3S/c1-26-15-10-11-18(20(12-15)27-2)19-13-28-22(23-19)24-21(25)17-9-5-7-14-6-3-4-8-16(14)17/h3-13H,1-2H3,(H,23,24,25). The van der Waals surface area contributed by atoms with Gasteiger partial charge in [0.15, 0.2) is 5.13 Å². The molecule has 0 bridgehead atoms. The molecule has 140 valence electrons. The van der Waals surface area contributed by atoms with Crippen LogP contribution in [-0.4, -0.2) is 25.1 Å². The number of nitrogens with one attached hydrogen (secondary N) is 1. The second-order valence-electron chi connectivity index (χ2n) is 6.08. The highest BCUT2D eigenvalue weighted by molar-refractivity contribution is 7.14. The van der Waals surface area contributed by atoms with Gasteiger partial charge in [-0.2, -0.15) is 0 Å². The van der Waals surface area contributed by atoms with E-state index in [1.807, 2.05) is 66.0 Å². The number of carbonyl (C=O) groups is 1. The van der Waals surface area contributed by atoms with E-state index < -0.39 is 0 Å². The minimum absolute atomic E-state index is 0.181. The summed E-state index contributed by atoms with van der Waals surface area (Å²) in [6, 6.07) is 19.1. The fourth-order valence-corrected chi connectivity index (χ4v) is 3.76. The van der Waals surface area contributed by atoms with Crippen molar-refractivity contribution >= 4 is 33.1 Å². The molecule has 28 heavy (non-hydrogen) atoms. The van der Waals surface area contributed by atoms with E-state index in [0.717, 1.165) is 22.0 Å². The lowest BCUT2D eigenvalue weighted by Gasteiger charge is -2.08. The van der Waals surface area contributed by atoms with Crippen molar-refractivity contribution < 1.29 is 14.3 Å². The molecule has 0 unspecified atom stereocenters. The van der Waals surface area contributed by atoms with E-state index in [9.17, 15) is 4.79 Å². The topological polar surface area (TPSA) is 60.5 Å². The van der Waals surface area contributed by atoms with Crippen LogP contribution in [0.4, 0.5) is 5.13 Å². The highest BCUT2D eigenvalue weighted by Crippen LogP contribution is 2.35. The van der Waals surface area contributed by atoms with Crippen LogP contribution in [-0.2, 0) is 0 Å². The molecule has 5 nitrogen and oxygen atoms in total. The summed E-state index contributed by atoms with van der Waals surface area (Å²) >= 11 is 1.37. The second-order valence-corrected chi connectivity index (χ2v) is 6.94. The van der Waals surface area contributed by atoms with Crippen molar-refractivity contribution in [2.24, 2.45) is 0 Å². The lowest BCUT2D eigenvalue weighted by molar-refractivity contribution is 0.102. The minimum atomic E-state index is -0.181. The average molecular weight is 390 g/mol. The van der Waals surface area contributed by atoms with Crippen LogP contribution in [0, 0.1) is 0 Å². The summed E-state index contributed by atoms with van der Waals surface area (Å²) in [5.41, 5.74) is 2.19. The molecule has 3 aromatic carbocycles. The van der Waals surface area contributed by atoms with Gasteiger partial charge in [0.2, 0.25) is 0 Å². The Kier molecular flexibility index (Phi) is 4.95. The van der Waals surface area contributed by atoms with Gasteiger partial charge in [-0.25, -0.2) is 4.98 Å². The highest BCUT2D eigenvalue weighted by atomic mass is 32.1. The van der Waals surface area contributed by atoms with Gasteiger partial charge in [-0.1, -0.05) is 36.4 Å². The zero-order chi connectivity index (χ0) is 19.5. The molecule has 0 radical (unpaired) electrons. The van der Waals surface area contributed by atoms with Crippen LogP contribution in [0.5, 0.6) is 11.5 Å². The first-order chi connectivity index (χ1) is 13.7. The number of hydrogen-bond donors (Lipinski definition) is 1. The third-order valence-corrected chi connectivity index (χ3v) is 5.20. The quantitative estimate of drug-likeness (QED) is 0.507. The Morgan fingerprint density at radius 1 is 1.00 bits per heavy atom. The monoisotopic (exact) mass is 390 g/mol. The molecular weight excluding hydrogens is 372 g/mol. The Bertz CT molecular complexity index is 1150. The molecule has 0 atom stereocenters. The largest absolute Gasteiger partial charge is 0.497 e. The van der Waals surface area contributed by atoms with Crippen LogP contribution >= 0.6 is 11.3 Å². The van der Waals surface area contributed by atoms with E-state index in [4.69, 9.17) is 9.47 Å². The minimum Gasteiger partial charge on any atom is -0.497 e. The lowest BCUT2D eigenvalue weighted by Crippen LogP contribution is -2.12. The Hall–Kier alpha value is -3.38. The van der Waals surface area contributed by atoms with Gasteiger partial charge in [0.1, 0.15) is 11.5 Å². The molecule has 0 fully saturated rings. The number of methoxy groups -OCH3 is 2. The molecule has 4 rings (SSSR count). The first-order valence-electron chi connectivity index (χ1n) is 8.66. The van der Waals surface area contributed by atoms with Gasteiger partial charge in [0.25, 0.3) is 5.91 Å². The highest BCUT2D eigenvalue weighted by Gasteiger charge is 2.15. The van der Waals surface area contributed by atoms with E-state index in [1.54, 1.807) is 14.2 Å². The van der Waals surface area contributed by atoms with Crippen molar-refractivity contribution in [3.8, 4) is 22.8 Å². The van der Waals surface area contributed by atoms with Crippen LogP contribution in [0.3, 0.4) is 0 Å². The predicted octanol–water partition coefficient (Wildman–Crippen LogP) is 5.23. The van der Waals surface area contributed by atoms with Gasteiger partial charge in [0, 0.05) is 22.6 Å². The molecule has 0 saturated heterocycles. The number of rotatable bonds is 5. The molecule has 0 spiro atoms. The van der Waals surface area contributed by atoms with Crippen molar-refractivity contribution in [2.45, 2.75) is 0 Å². The number of fused-ring (bicyclic) bond motifs is 1. The van der Waals surface area contributed by atoms with E-state index in [-0.39, 0.29) is 5.91 Å². The number of ether oxygens (including phenoxy) is 2. The average Bonchev–Trinajstić information content (AvgIpc) is 3.20. The summed E-state index contributed by atoms with van der Waals surface area (Å²) < 4.78 is 10.7. The Morgan fingerprint density at radius 2 is 1.82 bits per heavy atom. The van der Waals surface area contributed by atoms with Gasteiger partial charge in [-0.05, 0) is 29.0 Å². The molecule has 0 aliphatic carbocycles. The van der Waals surface area contributed by atoms with Crippen LogP contribution in [0.25, 0.3) is 22.0 Å². The van der Waals surface area contributed by atoms with Gasteiger partial charge in [-0.3, -0.25) is 10.1 Å². The number of hydrogen-bond acceptors (Lipinski definition) is 5. The number of thiazole rings is 1. The third-order valence-electron chi connectivity index (χ3n) is 4.44. The number of benzene rings is 3. The van der Waals surface area contributed by atoms with E-state index >= 15 is 0 Å². The lowest BCUT2D eigenvalue weighted by atomic mass is 10.0. The summed E-state index contributed by atoms with van der Waals surface area (Å²) in [5, 5.41) is 7.27. The maximum Gasteiger partial charge on any atom is 0.258 e. The Balaban J connectivity index is 1.61. The molecule has 6 heteroatoms. The van der Waals surface area contributed by atoms with E-state index in [1.165, 1.54) is 11.3 Å². The van der Waals surface area contributed by atoms with E-state index in [0.29, 0.717) is 22.2 Å². The first-order valence-corrected chi connectivity index (χ1v) is 9.54. The molecule has 0 saturated carbocycles. The zero-order valence-electron chi connectivity index (χ0n) is 15.4. The fraction of sp³-hybridized carbons (Fsp3) is 0.0909. The SMILES string of the molecule is COc1ccc(-c2csc(NC(=O)c3cccc4ccccc34)n2)c(OC)c1. The Morgan fingerprint density at radius 3 is 2.64 bits per heavy atom. The van der Waals surface area contributed by atoms with Gasteiger partial charge < -0.3 is 9.47 Å². The number of aromatic nitrogens is 1. The van der Waals surface area contributed by atoms with Crippen molar-refractivity contribution in [1.29, 1.82) is 0 Å². The van der Waals surface area contributed by atoms with E-state index in [2.05, 4.69) is 10.3 Å². The molecule has 1 N–H and O–H groups in total. The van der Waals surface area contributed by atoms with Crippen LogP contribution in [0.1, 0.15) is 10.4 Å². The third kappa shape index (κ3) is 3.42. The summed E-state index contributed by atoms with van der Waals surface area (Å²) in [6.45, 7) is 0. The first kappa shape index (κ1) is 18.0. The zero-order valence-corrected chi connectivity index (χ0v) is 16.2. The van der Waals surface area contributed by atoms with Gasteiger partial charge in [-0.15, -0.1) is 11.3 Å². The summed E-state index contributed by atoms with van der Waals surface area (Å²) in [5.74, 6) is 1.19. The molecule has 0 aliphatic rings. The maximum absolute atomic E-state index is 12.8. The predicted molar refractivity (Wildman–Crippen MR) is 113 cm³/mol. The number of carbonyl (C=O) groups excluding carboxylic acids is 1. The molecule has 1 heterocycles. The Labute approximate surface area is 166 Å². The van der Waals surface area contributed by atoms with Crippen LogP contribution in [0.2, 0.25) is 0 Å². The fourth-order valence-electron chi connectivity index (χ4n) is 3.05. The van der Waals surface area contributed by atoms with Crippen molar-refractivity contribution in [2.75, 3.05) is 19.5 Å².